The van der Waals surface area contributed by atoms with Gasteiger partial charge in [-0.25, -0.2) is 0 Å². The zero-order chi connectivity index (χ0) is 12.4. The summed E-state index contributed by atoms with van der Waals surface area (Å²) in [5.41, 5.74) is 1.19. The predicted octanol–water partition coefficient (Wildman–Crippen LogP) is 2.97. The fourth-order valence-corrected chi connectivity index (χ4v) is 3.01. The summed E-state index contributed by atoms with van der Waals surface area (Å²) >= 11 is 6.50. The highest BCUT2D eigenvalue weighted by Gasteiger charge is 2.23. The maximum absolute atomic E-state index is 6.50. The minimum atomic E-state index is 0.489. The van der Waals surface area contributed by atoms with Crippen LogP contribution in [0.3, 0.4) is 0 Å². The van der Waals surface area contributed by atoms with Crippen molar-refractivity contribution in [1.82, 2.24) is 5.32 Å². The monoisotopic (exact) mass is 267 g/mol. The molecule has 0 spiro atoms. The molecule has 1 unspecified atom stereocenters. The molecule has 2 aliphatic heterocycles. The quantitative estimate of drug-likeness (QED) is 0.849. The first-order valence-corrected chi connectivity index (χ1v) is 7.03. The lowest BCUT2D eigenvalue weighted by atomic mass is 9.91. The molecule has 1 aromatic carbocycles. The molecule has 0 aromatic heterocycles. The van der Waals surface area contributed by atoms with Gasteiger partial charge in [0.1, 0.15) is 0 Å². The summed E-state index contributed by atoms with van der Waals surface area (Å²) in [5.74, 6) is 2.01. The molecule has 0 aliphatic carbocycles. The van der Waals surface area contributed by atoms with Crippen LogP contribution in [0.25, 0.3) is 0 Å². The molecule has 0 bridgehead atoms. The number of halogens is 1. The lowest BCUT2D eigenvalue weighted by Crippen LogP contribution is -2.28. The fourth-order valence-electron chi connectivity index (χ4n) is 2.65. The standard InChI is InChI=1S/C14H18ClNO2/c15-13-11(10-3-1-6-16-9-10)4-5-12-14(13)18-8-2-7-17-12/h4-5,10,16H,1-3,6-9H2. The number of piperidine rings is 1. The molecule has 3 rings (SSSR count). The molecule has 4 heteroatoms. The number of hydrogen-bond donors (Lipinski definition) is 1. The zero-order valence-electron chi connectivity index (χ0n) is 10.4. The van der Waals surface area contributed by atoms with Crippen LogP contribution in [0.15, 0.2) is 12.1 Å². The van der Waals surface area contributed by atoms with E-state index in [0.717, 1.165) is 36.0 Å². The van der Waals surface area contributed by atoms with Crippen LogP contribution in [-0.4, -0.2) is 26.3 Å². The van der Waals surface area contributed by atoms with Gasteiger partial charge in [-0.3, -0.25) is 0 Å². The number of hydrogen-bond acceptors (Lipinski definition) is 3. The molecule has 1 N–H and O–H groups in total. The first kappa shape index (κ1) is 12.1. The van der Waals surface area contributed by atoms with Crippen molar-refractivity contribution < 1.29 is 9.47 Å². The number of rotatable bonds is 1. The van der Waals surface area contributed by atoms with E-state index in [2.05, 4.69) is 11.4 Å². The second-order valence-corrected chi connectivity index (χ2v) is 5.27. The molecule has 1 aromatic rings. The van der Waals surface area contributed by atoms with Crippen molar-refractivity contribution in [2.75, 3.05) is 26.3 Å². The molecule has 3 nitrogen and oxygen atoms in total. The van der Waals surface area contributed by atoms with Crippen LogP contribution in [0.4, 0.5) is 0 Å². The Kier molecular flexibility index (Phi) is 3.62. The minimum Gasteiger partial charge on any atom is -0.490 e. The highest BCUT2D eigenvalue weighted by Crippen LogP contribution is 2.42. The van der Waals surface area contributed by atoms with E-state index < -0.39 is 0 Å². The molecule has 0 amide bonds. The number of fused-ring (bicyclic) bond motifs is 1. The third kappa shape index (κ3) is 2.29. The van der Waals surface area contributed by atoms with E-state index in [1.54, 1.807) is 0 Å². The van der Waals surface area contributed by atoms with Gasteiger partial charge in [0.2, 0.25) is 0 Å². The summed E-state index contributed by atoms with van der Waals surface area (Å²) in [6.45, 7) is 3.49. The Morgan fingerprint density at radius 2 is 2.06 bits per heavy atom. The van der Waals surface area contributed by atoms with Gasteiger partial charge in [-0.05, 0) is 36.9 Å². The van der Waals surface area contributed by atoms with E-state index in [0.29, 0.717) is 19.1 Å². The summed E-state index contributed by atoms with van der Waals surface area (Å²) in [4.78, 5) is 0. The smallest absolute Gasteiger partial charge is 0.180 e. The predicted molar refractivity (Wildman–Crippen MR) is 71.9 cm³/mol. The van der Waals surface area contributed by atoms with Crippen molar-refractivity contribution in [3.63, 3.8) is 0 Å². The Morgan fingerprint density at radius 1 is 1.17 bits per heavy atom. The second kappa shape index (κ2) is 5.37. The average molecular weight is 268 g/mol. The van der Waals surface area contributed by atoms with Gasteiger partial charge in [-0.2, -0.15) is 0 Å². The Balaban J connectivity index is 1.93. The maximum Gasteiger partial charge on any atom is 0.180 e. The highest BCUT2D eigenvalue weighted by atomic mass is 35.5. The summed E-state index contributed by atoms with van der Waals surface area (Å²) < 4.78 is 11.4. The van der Waals surface area contributed by atoms with Crippen LogP contribution in [0, 0.1) is 0 Å². The minimum absolute atomic E-state index is 0.489. The van der Waals surface area contributed by atoms with E-state index in [1.807, 2.05) is 6.07 Å². The lowest BCUT2D eigenvalue weighted by molar-refractivity contribution is 0.297. The van der Waals surface area contributed by atoms with Crippen LogP contribution < -0.4 is 14.8 Å². The van der Waals surface area contributed by atoms with E-state index in [4.69, 9.17) is 21.1 Å². The molecule has 1 atom stereocenters. The summed E-state index contributed by atoms with van der Waals surface area (Å²) in [6, 6.07) is 4.09. The van der Waals surface area contributed by atoms with Gasteiger partial charge in [-0.15, -0.1) is 0 Å². The topological polar surface area (TPSA) is 30.5 Å². The lowest BCUT2D eigenvalue weighted by Gasteiger charge is -2.25. The molecule has 18 heavy (non-hydrogen) atoms. The molecule has 98 valence electrons. The Labute approximate surface area is 112 Å². The number of nitrogens with one attached hydrogen (secondary N) is 1. The van der Waals surface area contributed by atoms with Crippen molar-refractivity contribution in [2.45, 2.75) is 25.2 Å². The Morgan fingerprint density at radius 3 is 2.89 bits per heavy atom. The van der Waals surface area contributed by atoms with Crippen LogP contribution in [-0.2, 0) is 0 Å². The van der Waals surface area contributed by atoms with Crippen molar-refractivity contribution in [2.24, 2.45) is 0 Å². The summed E-state index contributed by atoms with van der Waals surface area (Å²) in [6.07, 6.45) is 3.30. The molecule has 2 aliphatic rings. The third-order valence-corrected chi connectivity index (χ3v) is 4.01. The SMILES string of the molecule is Clc1c(C2CCCNC2)ccc2c1OCCCO2. The van der Waals surface area contributed by atoms with Gasteiger partial charge in [-0.1, -0.05) is 17.7 Å². The van der Waals surface area contributed by atoms with Crippen LogP contribution in [0.5, 0.6) is 11.5 Å². The number of ether oxygens (including phenoxy) is 2. The van der Waals surface area contributed by atoms with Gasteiger partial charge in [0.15, 0.2) is 11.5 Å². The molecule has 1 saturated heterocycles. The highest BCUT2D eigenvalue weighted by molar-refractivity contribution is 6.33. The maximum atomic E-state index is 6.50. The second-order valence-electron chi connectivity index (χ2n) is 4.89. The van der Waals surface area contributed by atoms with E-state index in [9.17, 15) is 0 Å². The average Bonchev–Trinajstić information content (AvgIpc) is 2.66. The van der Waals surface area contributed by atoms with E-state index in [1.165, 1.54) is 18.4 Å². The first-order valence-electron chi connectivity index (χ1n) is 6.65. The third-order valence-electron chi connectivity index (χ3n) is 3.62. The summed E-state index contributed by atoms with van der Waals surface area (Å²) in [7, 11) is 0. The summed E-state index contributed by atoms with van der Waals surface area (Å²) in [5, 5.41) is 4.16. The molecular weight excluding hydrogens is 250 g/mol. The Hall–Kier alpha value is -0.930. The van der Waals surface area contributed by atoms with Gasteiger partial charge in [0.25, 0.3) is 0 Å². The van der Waals surface area contributed by atoms with E-state index in [-0.39, 0.29) is 0 Å². The molecule has 0 radical (unpaired) electrons. The van der Waals surface area contributed by atoms with Crippen LogP contribution in [0.1, 0.15) is 30.7 Å². The Bertz CT molecular complexity index is 430. The van der Waals surface area contributed by atoms with E-state index >= 15 is 0 Å². The van der Waals surface area contributed by atoms with Crippen molar-refractivity contribution in [3.8, 4) is 11.5 Å². The molecule has 1 fully saturated rings. The fraction of sp³-hybridized carbons (Fsp3) is 0.571. The normalized spacial score (nSPS) is 23.5. The molecular formula is C14H18ClNO2. The van der Waals surface area contributed by atoms with Crippen molar-refractivity contribution in [1.29, 1.82) is 0 Å². The first-order chi connectivity index (χ1) is 8.86. The van der Waals surface area contributed by atoms with Crippen molar-refractivity contribution in [3.05, 3.63) is 22.7 Å². The van der Waals surface area contributed by atoms with Gasteiger partial charge in [0.05, 0.1) is 18.2 Å². The van der Waals surface area contributed by atoms with Crippen LogP contribution in [0.2, 0.25) is 5.02 Å². The van der Waals surface area contributed by atoms with Gasteiger partial charge in [0, 0.05) is 13.0 Å². The van der Waals surface area contributed by atoms with Crippen molar-refractivity contribution >= 4 is 11.6 Å². The zero-order valence-corrected chi connectivity index (χ0v) is 11.1. The number of benzene rings is 1. The van der Waals surface area contributed by atoms with Gasteiger partial charge >= 0.3 is 0 Å². The largest absolute Gasteiger partial charge is 0.490 e. The molecule has 2 heterocycles. The van der Waals surface area contributed by atoms with Crippen LogP contribution >= 0.6 is 11.6 Å². The molecule has 0 saturated carbocycles. The van der Waals surface area contributed by atoms with Gasteiger partial charge < -0.3 is 14.8 Å².